The third-order valence-corrected chi connectivity index (χ3v) is 5.92. The first-order valence-corrected chi connectivity index (χ1v) is 11.1. The number of halogens is 1. The molecule has 0 aliphatic rings. The molecular formula is C22H21ClN2O4S. The van der Waals surface area contributed by atoms with Gasteiger partial charge in [0.1, 0.15) is 5.75 Å². The molecule has 0 saturated carbocycles. The van der Waals surface area contributed by atoms with Crippen LogP contribution in [0.15, 0.2) is 71.6 Å². The first-order valence-electron chi connectivity index (χ1n) is 9.22. The zero-order valence-corrected chi connectivity index (χ0v) is 18.0. The number of carbonyl (C=O) groups is 1. The number of aryl methyl sites for hydroxylation is 1. The minimum atomic E-state index is -3.77. The molecule has 0 atom stereocenters. The van der Waals surface area contributed by atoms with Crippen LogP contribution < -0.4 is 14.8 Å². The van der Waals surface area contributed by atoms with Crippen LogP contribution in [0.4, 0.5) is 11.4 Å². The Labute approximate surface area is 180 Å². The van der Waals surface area contributed by atoms with Crippen molar-refractivity contribution in [2.75, 3.05) is 16.6 Å². The highest BCUT2D eigenvalue weighted by atomic mass is 35.5. The quantitative estimate of drug-likeness (QED) is 0.531. The van der Waals surface area contributed by atoms with E-state index < -0.39 is 10.0 Å². The van der Waals surface area contributed by atoms with Gasteiger partial charge >= 0.3 is 0 Å². The van der Waals surface area contributed by atoms with Gasteiger partial charge < -0.3 is 10.1 Å². The van der Waals surface area contributed by atoms with E-state index in [0.29, 0.717) is 34.3 Å². The largest absolute Gasteiger partial charge is 0.494 e. The first-order chi connectivity index (χ1) is 14.3. The number of benzene rings is 3. The van der Waals surface area contributed by atoms with Gasteiger partial charge in [-0.05, 0) is 80.1 Å². The van der Waals surface area contributed by atoms with Crippen LogP contribution in [0, 0.1) is 6.92 Å². The van der Waals surface area contributed by atoms with E-state index in [9.17, 15) is 13.2 Å². The van der Waals surface area contributed by atoms with Crippen molar-refractivity contribution >= 4 is 38.9 Å². The van der Waals surface area contributed by atoms with Gasteiger partial charge in [0, 0.05) is 11.4 Å². The fourth-order valence-electron chi connectivity index (χ4n) is 2.72. The molecule has 3 aromatic rings. The SMILES string of the molecule is CCOc1ccc(NS(=O)(=O)c2ccc(NC(=O)c3ccc(C)cc3Cl)cc2)cc1. The molecule has 0 aliphatic carbocycles. The average Bonchev–Trinajstić information content (AvgIpc) is 2.70. The van der Waals surface area contributed by atoms with E-state index >= 15 is 0 Å². The third-order valence-electron chi connectivity index (χ3n) is 4.21. The molecule has 3 aromatic carbocycles. The molecule has 1 amide bonds. The number of carbonyl (C=O) groups excluding carboxylic acids is 1. The maximum Gasteiger partial charge on any atom is 0.261 e. The summed E-state index contributed by atoms with van der Waals surface area (Å²) in [4.78, 5) is 12.5. The van der Waals surface area contributed by atoms with Crippen molar-refractivity contribution in [2.45, 2.75) is 18.7 Å². The molecule has 0 bridgehead atoms. The summed E-state index contributed by atoms with van der Waals surface area (Å²) in [6.45, 7) is 4.29. The van der Waals surface area contributed by atoms with Gasteiger partial charge in [-0.2, -0.15) is 0 Å². The zero-order chi connectivity index (χ0) is 21.7. The molecule has 0 unspecified atom stereocenters. The minimum absolute atomic E-state index is 0.0720. The fourth-order valence-corrected chi connectivity index (χ4v) is 4.10. The minimum Gasteiger partial charge on any atom is -0.494 e. The second-order valence-electron chi connectivity index (χ2n) is 6.52. The lowest BCUT2D eigenvalue weighted by molar-refractivity contribution is 0.102. The van der Waals surface area contributed by atoms with Gasteiger partial charge in [0.25, 0.3) is 15.9 Å². The first kappa shape index (κ1) is 21.7. The molecule has 156 valence electrons. The topological polar surface area (TPSA) is 84.5 Å². The van der Waals surface area contributed by atoms with E-state index in [2.05, 4.69) is 10.0 Å². The average molecular weight is 445 g/mol. The lowest BCUT2D eigenvalue weighted by Gasteiger charge is -2.11. The lowest BCUT2D eigenvalue weighted by atomic mass is 10.1. The lowest BCUT2D eigenvalue weighted by Crippen LogP contribution is -2.14. The molecule has 6 nitrogen and oxygen atoms in total. The number of rotatable bonds is 7. The summed E-state index contributed by atoms with van der Waals surface area (Å²) >= 11 is 6.12. The Morgan fingerprint density at radius 1 is 0.967 bits per heavy atom. The summed E-state index contributed by atoms with van der Waals surface area (Å²) in [5.41, 5.74) is 2.17. The van der Waals surface area contributed by atoms with Gasteiger partial charge in [-0.15, -0.1) is 0 Å². The predicted octanol–water partition coefficient (Wildman–Crippen LogP) is 5.10. The van der Waals surface area contributed by atoms with Crippen LogP contribution in [0.3, 0.4) is 0 Å². The smallest absolute Gasteiger partial charge is 0.261 e. The third kappa shape index (κ3) is 5.31. The van der Waals surface area contributed by atoms with Crippen LogP contribution >= 0.6 is 11.6 Å². The van der Waals surface area contributed by atoms with Gasteiger partial charge in [0.15, 0.2) is 0 Å². The number of ether oxygens (including phenoxy) is 1. The predicted molar refractivity (Wildman–Crippen MR) is 119 cm³/mol. The van der Waals surface area contributed by atoms with E-state index in [-0.39, 0.29) is 10.8 Å². The van der Waals surface area contributed by atoms with Crippen LogP contribution in [-0.2, 0) is 10.0 Å². The van der Waals surface area contributed by atoms with Crippen LogP contribution in [0.5, 0.6) is 5.75 Å². The van der Waals surface area contributed by atoms with Crippen molar-refractivity contribution < 1.29 is 17.9 Å². The Hall–Kier alpha value is -3.03. The molecule has 0 aromatic heterocycles. The Bertz CT molecular complexity index is 1140. The van der Waals surface area contributed by atoms with Crippen molar-refractivity contribution in [3.8, 4) is 5.75 Å². The summed E-state index contributed by atoms with van der Waals surface area (Å²) in [5.74, 6) is 0.289. The molecule has 8 heteroatoms. The van der Waals surface area contributed by atoms with Crippen LogP contribution in [0.25, 0.3) is 0 Å². The highest BCUT2D eigenvalue weighted by Crippen LogP contribution is 2.22. The molecule has 2 N–H and O–H groups in total. The Balaban J connectivity index is 1.70. The highest BCUT2D eigenvalue weighted by Gasteiger charge is 2.15. The van der Waals surface area contributed by atoms with E-state index in [0.717, 1.165) is 5.56 Å². The van der Waals surface area contributed by atoms with E-state index in [1.807, 2.05) is 13.8 Å². The molecular weight excluding hydrogens is 424 g/mol. The van der Waals surface area contributed by atoms with Gasteiger partial charge in [-0.25, -0.2) is 8.42 Å². The number of anilines is 2. The van der Waals surface area contributed by atoms with Gasteiger partial charge in [0.2, 0.25) is 0 Å². The van der Waals surface area contributed by atoms with Crippen LogP contribution in [0.1, 0.15) is 22.8 Å². The zero-order valence-electron chi connectivity index (χ0n) is 16.5. The molecule has 3 rings (SSSR count). The number of hydrogen-bond donors (Lipinski definition) is 2. The summed E-state index contributed by atoms with van der Waals surface area (Å²) in [6, 6.07) is 17.7. The Morgan fingerprint density at radius 2 is 1.60 bits per heavy atom. The number of nitrogens with one attached hydrogen (secondary N) is 2. The van der Waals surface area contributed by atoms with Crippen molar-refractivity contribution in [1.82, 2.24) is 0 Å². The molecule has 0 heterocycles. The van der Waals surface area contributed by atoms with Crippen molar-refractivity contribution in [3.63, 3.8) is 0 Å². The van der Waals surface area contributed by atoms with Crippen LogP contribution in [0.2, 0.25) is 5.02 Å². The van der Waals surface area contributed by atoms with Crippen LogP contribution in [-0.4, -0.2) is 20.9 Å². The summed E-state index contributed by atoms with van der Waals surface area (Å²) in [6.07, 6.45) is 0. The van der Waals surface area contributed by atoms with E-state index in [1.165, 1.54) is 24.3 Å². The van der Waals surface area contributed by atoms with Gasteiger partial charge in [-0.3, -0.25) is 9.52 Å². The fraction of sp³-hybridized carbons (Fsp3) is 0.136. The van der Waals surface area contributed by atoms with E-state index in [4.69, 9.17) is 16.3 Å². The maximum atomic E-state index is 12.6. The molecule has 0 fully saturated rings. The number of sulfonamides is 1. The maximum absolute atomic E-state index is 12.6. The normalized spacial score (nSPS) is 11.0. The number of hydrogen-bond acceptors (Lipinski definition) is 4. The van der Waals surface area contributed by atoms with Gasteiger partial charge in [-0.1, -0.05) is 17.7 Å². The molecule has 0 spiro atoms. The number of amides is 1. The second kappa shape index (κ2) is 9.19. The summed E-state index contributed by atoms with van der Waals surface area (Å²) < 4.78 is 33.1. The summed E-state index contributed by atoms with van der Waals surface area (Å²) in [5, 5.41) is 3.07. The van der Waals surface area contributed by atoms with Gasteiger partial charge in [0.05, 0.1) is 22.1 Å². The van der Waals surface area contributed by atoms with Crippen molar-refractivity contribution in [1.29, 1.82) is 0 Å². The summed E-state index contributed by atoms with van der Waals surface area (Å²) in [7, 11) is -3.77. The molecule has 0 saturated heterocycles. The Kier molecular flexibility index (Phi) is 6.64. The standard InChI is InChI=1S/C22H21ClN2O4S/c1-3-29-18-9-5-17(6-10-18)25-30(27,28)19-11-7-16(8-12-19)24-22(26)20-13-4-15(2)14-21(20)23/h4-14,25H,3H2,1-2H3,(H,24,26). The van der Waals surface area contributed by atoms with E-state index in [1.54, 1.807) is 42.5 Å². The molecule has 0 aliphatic heterocycles. The second-order valence-corrected chi connectivity index (χ2v) is 8.61. The Morgan fingerprint density at radius 3 is 2.20 bits per heavy atom. The van der Waals surface area contributed by atoms with Crippen molar-refractivity contribution in [2.24, 2.45) is 0 Å². The van der Waals surface area contributed by atoms with Crippen molar-refractivity contribution in [3.05, 3.63) is 82.9 Å². The monoisotopic (exact) mass is 444 g/mol. The highest BCUT2D eigenvalue weighted by molar-refractivity contribution is 7.92. The molecule has 0 radical (unpaired) electrons. The molecule has 30 heavy (non-hydrogen) atoms.